The van der Waals surface area contributed by atoms with E-state index in [1.54, 1.807) is 6.92 Å². The maximum absolute atomic E-state index is 11.3. The molecule has 0 heterocycles. The standard InChI is InChI=1S/C17H22O3/c1-13(2)16(18)20-12-14-6-8-15(9-7-14)17(19)10-4-3-5-11-17/h6-9,19H,1,3-5,10-12H2,2H3. The molecule has 1 aromatic rings. The Hall–Kier alpha value is -1.61. The van der Waals surface area contributed by atoms with E-state index < -0.39 is 5.60 Å². The van der Waals surface area contributed by atoms with Gasteiger partial charge in [-0.1, -0.05) is 50.1 Å². The molecule has 0 aliphatic heterocycles. The van der Waals surface area contributed by atoms with Crippen LogP contribution in [0.3, 0.4) is 0 Å². The smallest absolute Gasteiger partial charge is 0.333 e. The molecule has 1 aliphatic carbocycles. The van der Waals surface area contributed by atoms with Gasteiger partial charge in [-0.05, 0) is 30.9 Å². The molecule has 1 aliphatic rings. The van der Waals surface area contributed by atoms with Crippen LogP contribution in [0.2, 0.25) is 0 Å². The maximum Gasteiger partial charge on any atom is 0.333 e. The fourth-order valence-corrected chi connectivity index (χ4v) is 2.61. The molecular weight excluding hydrogens is 252 g/mol. The average molecular weight is 274 g/mol. The highest BCUT2D eigenvalue weighted by Crippen LogP contribution is 2.36. The van der Waals surface area contributed by atoms with Crippen LogP contribution in [0.15, 0.2) is 36.4 Å². The zero-order valence-corrected chi connectivity index (χ0v) is 12.0. The van der Waals surface area contributed by atoms with Crippen molar-refractivity contribution >= 4 is 5.97 Å². The molecule has 0 radical (unpaired) electrons. The van der Waals surface area contributed by atoms with Gasteiger partial charge in [-0.25, -0.2) is 4.79 Å². The van der Waals surface area contributed by atoms with Gasteiger partial charge in [-0.2, -0.15) is 0 Å². The van der Waals surface area contributed by atoms with Gasteiger partial charge < -0.3 is 9.84 Å². The van der Waals surface area contributed by atoms with Gasteiger partial charge in [0.1, 0.15) is 6.61 Å². The number of hydrogen-bond acceptors (Lipinski definition) is 3. The van der Waals surface area contributed by atoms with Crippen molar-refractivity contribution in [2.24, 2.45) is 0 Å². The molecule has 0 unspecified atom stereocenters. The van der Waals surface area contributed by atoms with Crippen molar-refractivity contribution in [1.29, 1.82) is 0 Å². The van der Waals surface area contributed by atoms with Gasteiger partial charge >= 0.3 is 5.97 Å². The molecule has 0 amide bonds. The molecule has 0 atom stereocenters. The molecule has 0 saturated heterocycles. The van der Waals surface area contributed by atoms with E-state index in [0.717, 1.165) is 36.8 Å². The van der Waals surface area contributed by atoms with E-state index in [9.17, 15) is 9.90 Å². The topological polar surface area (TPSA) is 46.5 Å². The Bertz CT molecular complexity index is 481. The fourth-order valence-electron chi connectivity index (χ4n) is 2.61. The van der Waals surface area contributed by atoms with Crippen LogP contribution in [0.25, 0.3) is 0 Å². The van der Waals surface area contributed by atoms with Gasteiger partial charge in [0.2, 0.25) is 0 Å². The predicted molar refractivity (Wildman–Crippen MR) is 78.0 cm³/mol. The first-order valence-electron chi connectivity index (χ1n) is 7.16. The zero-order chi connectivity index (χ0) is 14.6. The Morgan fingerprint density at radius 1 is 1.25 bits per heavy atom. The first-order chi connectivity index (χ1) is 9.51. The van der Waals surface area contributed by atoms with Crippen LogP contribution in [0.1, 0.15) is 50.2 Å². The number of aliphatic hydroxyl groups is 1. The molecule has 0 aromatic heterocycles. The number of esters is 1. The Balaban J connectivity index is 1.99. The summed E-state index contributed by atoms with van der Waals surface area (Å²) < 4.78 is 5.10. The third-order valence-corrected chi connectivity index (χ3v) is 3.89. The van der Waals surface area contributed by atoms with Gasteiger partial charge in [0, 0.05) is 5.57 Å². The minimum Gasteiger partial charge on any atom is -0.457 e. The lowest BCUT2D eigenvalue weighted by Gasteiger charge is -2.32. The van der Waals surface area contributed by atoms with Crippen molar-refractivity contribution in [1.82, 2.24) is 0 Å². The lowest BCUT2D eigenvalue weighted by Crippen LogP contribution is -2.28. The number of benzene rings is 1. The maximum atomic E-state index is 11.3. The summed E-state index contributed by atoms with van der Waals surface area (Å²) in [5.41, 5.74) is 1.61. The second-order valence-electron chi connectivity index (χ2n) is 5.65. The van der Waals surface area contributed by atoms with Crippen LogP contribution in [0, 0.1) is 0 Å². The van der Waals surface area contributed by atoms with Gasteiger partial charge in [-0.15, -0.1) is 0 Å². The highest BCUT2D eigenvalue weighted by atomic mass is 16.5. The summed E-state index contributed by atoms with van der Waals surface area (Å²) >= 11 is 0. The summed E-state index contributed by atoms with van der Waals surface area (Å²) in [5, 5.41) is 10.6. The van der Waals surface area contributed by atoms with E-state index in [1.165, 1.54) is 6.42 Å². The highest BCUT2D eigenvalue weighted by Gasteiger charge is 2.30. The van der Waals surface area contributed by atoms with E-state index in [2.05, 4.69) is 6.58 Å². The quantitative estimate of drug-likeness (QED) is 0.675. The van der Waals surface area contributed by atoms with Gasteiger partial charge in [-0.3, -0.25) is 0 Å². The van der Waals surface area contributed by atoms with Crippen molar-refractivity contribution in [2.45, 2.75) is 51.2 Å². The number of hydrogen-bond donors (Lipinski definition) is 1. The lowest BCUT2D eigenvalue weighted by atomic mass is 9.79. The fraction of sp³-hybridized carbons (Fsp3) is 0.471. The minimum absolute atomic E-state index is 0.240. The summed E-state index contributed by atoms with van der Waals surface area (Å²) in [6.07, 6.45) is 5.02. The van der Waals surface area contributed by atoms with Crippen molar-refractivity contribution < 1.29 is 14.6 Å². The number of carbonyl (C=O) groups is 1. The zero-order valence-electron chi connectivity index (χ0n) is 12.0. The number of carbonyl (C=O) groups excluding carboxylic acids is 1. The third kappa shape index (κ3) is 3.48. The van der Waals surface area contributed by atoms with E-state index in [-0.39, 0.29) is 12.6 Å². The third-order valence-electron chi connectivity index (χ3n) is 3.89. The van der Waals surface area contributed by atoms with Gasteiger partial charge in [0.05, 0.1) is 5.60 Å². The monoisotopic (exact) mass is 274 g/mol. The van der Waals surface area contributed by atoms with E-state index in [4.69, 9.17) is 4.74 Å². The lowest BCUT2D eigenvalue weighted by molar-refractivity contribution is -0.140. The molecule has 2 rings (SSSR count). The highest BCUT2D eigenvalue weighted by molar-refractivity contribution is 5.86. The summed E-state index contributed by atoms with van der Waals surface area (Å²) in [6, 6.07) is 7.70. The average Bonchev–Trinajstić information content (AvgIpc) is 2.46. The Labute approximate surface area is 120 Å². The van der Waals surface area contributed by atoms with E-state index >= 15 is 0 Å². The Kier molecular flexibility index (Phi) is 4.61. The molecule has 108 valence electrons. The summed E-state index contributed by atoms with van der Waals surface area (Å²) in [5.74, 6) is -0.375. The Morgan fingerprint density at radius 3 is 2.40 bits per heavy atom. The summed E-state index contributed by atoms with van der Waals surface area (Å²) in [4.78, 5) is 11.3. The largest absolute Gasteiger partial charge is 0.457 e. The second kappa shape index (κ2) is 6.23. The number of rotatable bonds is 4. The van der Waals surface area contributed by atoms with Crippen LogP contribution < -0.4 is 0 Å². The molecule has 3 nitrogen and oxygen atoms in total. The van der Waals surface area contributed by atoms with Crippen LogP contribution >= 0.6 is 0 Å². The summed E-state index contributed by atoms with van der Waals surface area (Å²) in [6.45, 7) is 5.41. The first-order valence-corrected chi connectivity index (χ1v) is 7.16. The Morgan fingerprint density at radius 2 is 1.85 bits per heavy atom. The predicted octanol–water partition coefficient (Wildman–Crippen LogP) is 3.46. The molecule has 20 heavy (non-hydrogen) atoms. The first kappa shape index (κ1) is 14.8. The van der Waals surface area contributed by atoms with Crippen LogP contribution in [0.4, 0.5) is 0 Å². The number of ether oxygens (including phenoxy) is 1. The molecular formula is C17H22O3. The molecule has 1 aromatic carbocycles. The SMILES string of the molecule is C=C(C)C(=O)OCc1ccc(C2(O)CCCCC2)cc1. The van der Waals surface area contributed by atoms with Crippen molar-refractivity contribution in [3.8, 4) is 0 Å². The molecule has 0 spiro atoms. The minimum atomic E-state index is -0.675. The van der Waals surface area contributed by atoms with Gasteiger partial charge in [0.15, 0.2) is 0 Å². The van der Waals surface area contributed by atoms with Crippen molar-refractivity contribution in [3.63, 3.8) is 0 Å². The van der Waals surface area contributed by atoms with E-state index in [1.807, 2.05) is 24.3 Å². The van der Waals surface area contributed by atoms with E-state index in [0.29, 0.717) is 5.57 Å². The summed E-state index contributed by atoms with van der Waals surface area (Å²) in [7, 11) is 0. The molecule has 0 bridgehead atoms. The normalized spacial score (nSPS) is 17.5. The van der Waals surface area contributed by atoms with Crippen LogP contribution in [-0.2, 0) is 21.7 Å². The van der Waals surface area contributed by atoms with Crippen molar-refractivity contribution in [2.75, 3.05) is 0 Å². The van der Waals surface area contributed by atoms with Crippen LogP contribution in [0.5, 0.6) is 0 Å². The molecule has 1 saturated carbocycles. The molecule has 3 heteroatoms. The molecule has 1 fully saturated rings. The van der Waals surface area contributed by atoms with Crippen LogP contribution in [-0.4, -0.2) is 11.1 Å². The van der Waals surface area contributed by atoms with Crippen molar-refractivity contribution in [3.05, 3.63) is 47.5 Å². The molecule has 1 N–H and O–H groups in total. The van der Waals surface area contributed by atoms with Gasteiger partial charge in [0.25, 0.3) is 0 Å². The second-order valence-corrected chi connectivity index (χ2v) is 5.65.